The first-order valence-electron chi connectivity index (χ1n) is 9.73. The monoisotopic (exact) mass is 382 g/mol. The SMILES string of the molecule is C.C=CCN1CCN(CC=C)CCN(CC(C)O)CCN(CC(C)=O)CC1. The number of carbonyl (C=O) groups is 1. The van der Waals surface area contributed by atoms with Crippen LogP contribution in [0.2, 0.25) is 0 Å². The van der Waals surface area contributed by atoms with Gasteiger partial charge in [-0.05, 0) is 13.8 Å². The fourth-order valence-electron chi connectivity index (χ4n) is 3.34. The van der Waals surface area contributed by atoms with E-state index in [0.717, 1.165) is 65.4 Å². The van der Waals surface area contributed by atoms with E-state index in [2.05, 4.69) is 32.8 Å². The number of β-amino-alcohol motifs (C(OH)–C–C–N with tert-alkyl or cyclic N) is 1. The highest BCUT2D eigenvalue weighted by Crippen LogP contribution is 2.02. The molecule has 1 fully saturated rings. The van der Waals surface area contributed by atoms with Crippen molar-refractivity contribution in [2.75, 3.05) is 78.5 Å². The van der Waals surface area contributed by atoms with Gasteiger partial charge in [-0.2, -0.15) is 0 Å². The first-order chi connectivity index (χ1) is 12.4. The lowest BCUT2D eigenvalue weighted by Crippen LogP contribution is -2.47. The molecular weight excluding hydrogens is 340 g/mol. The van der Waals surface area contributed by atoms with E-state index in [9.17, 15) is 9.90 Å². The van der Waals surface area contributed by atoms with Crippen molar-refractivity contribution < 1.29 is 9.90 Å². The van der Waals surface area contributed by atoms with Crippen LogP contribution >= 0.6 is 0 Å². The summed E-state index contributed by atoms with van der Waals surface area (Å²) < 4.78 is 0. The quantitative estimate of drug-likeness (QED) is 0.637. The molecule has 1 unspecified atom stereocenters. The minimum atomic E-state index is -0.347. The molecule has 158 valence electrons. The number of carbonyl (C=O) groups excluding carboxylic acids is 1. The van der Waals surface area contributed by atoms with Gasteiger partial charge in [0.1, 0.15) is 5.78 Å². The molecule has 0 aromatic carbocycles. The van der Waals surface area contributed by atoms with Crippen molar-refractivity contribution in [3.63, 3.8) is 0 Å². The second-order valence-corrected chi connectivity index (χ2v) is 7.31. The largest absolute Gasteiger partial charge is 0.392 e. The molecule has 27 heavy (non-hydrogen) atoms. The molecule has 1 heterocycles. The van der Waals surface area contributed by atoms with Gasteiger partial charge in [-0.15, -0.1) is 13.2 Å². The molecule has 0 spiro atoms. The zero-order valence-corrected chi connectivity index (χ0v) is 16.8. The predicted molar refractivity (Wildman–Crippen MR) is 115 cm³/mol. The van der Waals surface area contributed by atoms with Gasteiger partial charge in [0.15, 0.2) is 0 Å². The molecule has 6 heteroatoms. The molecule has 1 rings (SSSR count). The van der Waals surface area contributed by atoms with E-state index >= 15 is 0 Å². The fraction of sp³-hybridized carbons (Fsp3) is 0.762. The van der Waals surface area contributed by atoms with Crippen molar-refractivity contribution in [1.29, 1.82) is 0 Å². The Kier molecular flexibility index (Phi) is 14.4. The maximum Gasteiger partial charge on any atom is 0.143 e. The van der Waals surface area contributed by atoms with Crippen molar-refractivity contribution in [3.05, 3.63) is 25.3 Å². The van der Waals surface area contributed by atoms with Crippen molar-refractivity contribution in [1.82, 2.24) is 19.6 Å². The predicted octanol–water partition coefficient (Wildman–Crippen LogP) is 1.19. The summed E-state index contributed by atoms with van der Waals surface area (Å²) in [6.45, 7) is 21.5. The van der Waals surface area contributed by atoms with Crippen LogP contribution in [0.1, 0.15) is 21.3 Å². The van der Waals surface area contributed by atoms with Crippen LogP contribution in [-0.4, -0.2) is 115 Å². The fourth-order valence-corrected chi connectivity index (χ4v) is 3.34. The number of hydrogen-bond donors (Lipinski definition) is 1. The summed E-state index contributed by atoms with van der Waals surface area (Å²) in [5.74, 6) is 0.201. The summed E-state index contributed by atoms with van der Waals surface area (Å²) in [7, 11) is 0. The molecule has 1 saturated heterocycles. The molecule has 1 aliphatic heterocycles. The molecule has 0 bridgehead atoms. The third-order valence-electron chi connectivity index (χ3n) is 4.67. The summed E-state index contributed by atoms with van der Waals surface area (Å²) >= 11 is 0. The molecule has 0 radical (unpaired) electrons. The van der Waals surface area contributed by atoms with E-state index in [-0.39, 0.29) is 19.3 Å². The van der Waals surface area contributed by atoms with E-state index < -0.39 is 0 Å². The molecule has 1 N–H and O–H groups in total. The molecule has 6 nitrogen and oxygen atoms in total. The van der Waals surface area contributed by atoms with E-state index in [4.69, 9.17) is 0 Å². The number of aliphatic hydroxyl groups is 1. The minimum Gasteiger partial charge on any atom is -0.392 e. The Hall–Kier alpha value is -1.05. The van der Waals surface area contributed by atoms with E-state index in [1.54, 1.807) is 6.92 Å². The number of hydrogen-bond acceptors (Lipinski definition) is 6. The van der Waals surface area contributed by atoms with Gasteiger partial charge in [-0.3, -0.25) is 24.4 Å². The Morgan fingerprint density at radius 2 is 1.26 bits per heavy atom. The summed E-state index contributed by atoms with van der Waals surface area (Å²) in [5, 5.41) is 9.81. The third-order valence-corrected chi connectivity index (χ3v) is 4.67. The van der Waals surface area contributed by atoms with Crippen LogP contribution < -0.4 is 0 Å². The highest BCUT2D eigenvalue weighted by molar-refractivity contribution is 5.77. The van der Waals surface area contributed by atoms with Gasteiger partial charge in [-0.25, -0.2) is 0 Å². The first-order valence-corrected chi connectivity index (χ1v) is 9.73. The van der Waals surface area contributed by atoms with Crippen molar-refractivity contribution in [2.24, 2.45) is 0 Å². The van der Waals surface area contributed by atoms with E-state index in [1.165, 1.54) is 0 Å². The molecule has 0 saturated carbocycles. The van der Waals surface area contributed by atoms with Crippen LogP contribution in [-0.2, 0) is 4.79 Å². The van der Waals surface area contributed by atoms with Gasteiger partial charge in [-0.1, -0.05) is 19.6 Å². The second-order valence-electron chi connectivity index (χ2n) is 7.31. The lowest BCUT2D eigenvalue weighted by Gasteiger charge is -2.34. The Morgan fingerprint density at radius 1 is 0.889 bits per heavy atom. The molecular formula is C21H42N4O2. The lowest BCUT2D eigenvalue weighted by atomic mass is 10.3. The van der Waals surface area contributed by atoms with Crippen LogP contribution in [0.15, 0.2) is 25.3 Å². The zero-order valence-electron chi connectivity index (χ0n) is 16.8. The Bertz CT molecular complexity index is 428. The van der Waals surface area contributed by atoms with Gasteiger partial charge >= 0.3 is 0 Å². The Balaban J connectivity index is 0.00000676. The standard InChI is InChI=1S/C20H38N4O2.CH4/c1-5-7-21-9-10-22(8-6-2)12-14-24(18-20(4)26)16-15-23(13-11-21)17-19(3)25;/h5-6,19,25H,1-2,7-18H2,3-4H3;1H4. The summed E-state index contributed by atoms with van der Waals surface area (Å²) in [6.07, 6.45) is 3.56. The molecule has 0 aliphatic carbocycles. The smallest absolute Gasteiger partial charge is 0.143 e. The highest BCUT2D eigenvalue weighted by Gasteiger charge is 2.17. The Labute approximate surface area is 167 Å². The van der Waals surface area contributed by atoms with Gasteiger partial charge in [0.2, 0.25) is 0 Å². The van der Waals surface area contributed by atoms with Gasteiger partial charge in [0.25, 0.3) is 0 Å². The summed E-state index contributed by atoms with van der Waals surface area (Å²) in [6, 6.07) is 0. The number of ketones is 1. The van der Waals surface area contributed by atoms with Crippen LogP contribution in [0.3, 0.4) is 0 Å². The van der Waals surface area contributed by atoms with Crippen LogP contribution in [0.4, 0.5) is 0 Å². The average Bonchev–Trinajstić information content (AvgIpc) is 2.56. The third kappa shape index (κ3) is 12.1. The first kappa shape index (κ1) is 26.0. The maximum absolute atomic E-state index is 11.6. The average molecular weight is 383 g/mol. The molecule has 0 aromatic rings. The van der Waals surface area contributed by atoms with Crippen LogP contribution in [0.25, 0.3) is 0 Å². The summed E-state index contributed by atoms with van der Waals surface area (Å²) in [4.78, 5) is 21.0. The topological polar surface area (TPSA) is 50.3 Å². The van der Waals surface area contributed by atoms with Gasteiger partial charge < -0.3 is 5.11 Å². The maximum atomic E-state index is 11.6. The molecule has 1 aliphatic rings. The Morgan fingerprint density at radius 3 is 1.59 bits per heavy atom. The van der Waals surface area contributed by atoms with E-state index in [0.29, 0.717) is 13.1 Å². The van der Waals surface area contributed by atoms with E-state index in [1.807, 2.05) is 19.1 Å². The lowest BCUT2D eigenvalue weighted by molar-refractivity contribution is -0.118. The number of aliphatic hydroxyl groups excluding tert-OH is 1. The van der Waals surface area contributed by atoms with Gasteiger partial charge in [0, 0.05) is 72.0 Å². The minimum absolute atomic E-state index is 0. The van der Waals surface area contributed by atoms with Crippen LogP contribution in [0, 0.1) is 0 Å². The normalized spacial score (nSPS) is 20.7. The van der Waals surface area contributed by atoms with Crippen molar-refractivity contribution >= 4 is 5.78 Å². The number of rotatable bonds is 8. The van der Waals surface area contributed by atoms with Crippen molar-refractivity contribution in [2.45, 2.75) is 27.4 Å². The molecule has 0 aromatic heterocycles. The highest BCUT2D eigenvalue weighted by atomic mass is 16.3. The zero-order chi connectivity index (χ0) is 19.4. The van der Waals surface area contributed by atoms with Crippen molar-refractivity contribution in [3.8, 4) is 0 Å². The number of nitrogens with zero attached hydrogens (tertiary/aromatic N) is 4. The molecule has 1 atom stereocenters. The second kappa shape index (κ2) is 14.9. The summed E-state index contributed by atoms with van der Waals surface area (Å²) in [5.41, 5.74) is 0. The number of Topliss-reactive ketones (excluding diaryl/α,β-unsaturated/α-hetero) is 1. The molecule has 0 amide bonds. The van der Waals surface area contributed by atoms with Gasteiger partial charge in [0.05, 0.1) is 12.6 Å². The van der Waals surface area contributed by atoms with Crippen LogP contribution in [0.5, 0.6) is 0 Å².